The Balaban J connectivity index is 1.42. The summed E-state index contributed by atoms with van der Waals surface area (Å²) >= 11 is 1.38. The van der Waals surface area contributed by atoms with E-state index in [0.29, 0.717) is 13.0 Å². The Labute approximate surface area is 179 Å². The average Bonchev–Trinajstić information content (AvgIpc) is 3.14. The summed E-state index contributed by atoms with van der Waals surface area (Å²) in [5.74, 6) is 1.04. The smallest absolute Gasteiger partial charge is 0.234 e. The number of rotatable bonds is 8. The second kappa shape index (κ2) is 9.41. The fraction of sp³-hybridized carbons (Fsp3) is 0.125. The van der Waals surface area contributed by atoms with Crippen molar-refractivity contribution in [2.24, 2.45) is 0 Å². The highest BCUT2D eigenvalue weighted by molar-refractivity contribution is 7.99. The van der Waals surface area contributed by atoms with Gasteiger partial charge in [-0.25, -0.2) is 0 Å². The zero-order valence-electron chi connectivity index (χ0n) is 16.5. The zero-order valence-corrected chi connectivity index (χ0v) is 17.3. The Morgan fingerprint density at radius 2 is 1.77 bits per heavy atom. The van der Waals surface area contributed by atoms with E-state index in [-0.39, 0.29) is 11.7 Å². The maximum Gasteiger partial charge on any atom is 0.234 e. The summed E-state index contributed by atoms with van der Waals surface area (Å²) in [6, 6.07) is 24.1. The van der Waals surface area contributed by atoms with Crippen molar-refractivity contribution < 1.29 is 4.79 Å². The molecule has 0 atom stereocenters. The van der Waals surface area contributed by atoms with Gasteiger partial charge in [-0.2, -0.15) is 0 Å². The van der Waals surface area contributed by atoms with Gasteiger partial charge in [-0.05, 0) is 28.5 Å². The molecule has 150 valence electrons. The molecule has 3 aromatic carbocycles. The van der Waals surface area contributed by atoms with Crippen LogP contribution in [0.5, 0.6) is 0 Å². The molecule has 6 heteroatoms. The molecule has 4 rings (SSSR count). The molecule has 0 spiro atoms. The van der Waals surface area contributed by atoms with E-state index in [4.69, 9.17) is 0 Å². The van der Waals surface area contributed by atoms with Crippen molar-refractivity contribution in [3.05, 3.63) is 96.8 Å². The highest BCUT2D eigenvalue weighted by atomic mass is 32.2. The summed E-state index contributed by atoms with van der Waals surface area (Å²) in [6.45, 7) is 4.44. The molecule has 0 aliphatic heterocycles. The van der Waals surface area contributed by atoms with Gasteiger partial charge >= 0.3 is 0 Å². The number of amides is 1. The lowest BCUT2D eigenvalue weighted by atomic mass is 10.1. The number of thioether (sulfide) groups is 1. The van der Waals surface area contributed by atoms with Crippen LogP contribution in [-0.4, -0.2) is 26.4 Å². The van der Waals surface area contributed by atoms with Gasteiger partial charge in [0.15, 0.2) is 5.16 Å². The first kappa shape index (κ1) is 19.9. The van der Waals surface area contributed by atoms with Gasteiger partial charge < -0.3 is 9.88 Å². The molecule has 0 saturated heterocycles. The number of benzene rings is 3. The molecule has 1 heterocycles. The number of nitrogens with zero attached hydrogens (tertiary/aromatic N) is 3. The van der Waals surface area contributed by atoms with E-state index < -0.39 is 0 Å². The Hall–Kier alpha value is -3.38. The van der Waals surface area contributed by atoms with Crippen LogP contribution < -0.4 is 5.32 Å². The van der Waals surface area contributed by atoms with E-state index >= 15 is 0 Å². The molecule has 1 amide bonds. The van der Waals surface area contributed by atoms with Crippen LogP contribution >= 0.6 is 11.8 Å². The molecular formula is C24H22N4OS. The minimum absolute atomic E-state index is 0.0759. The molecular weight excluding hydrogens is 392 g/mol. The Morgan fingerprint density at radius 1 is 1.00 bits per heavy atom. The van der Waals surface area contributed by atoms with E-state index in [2.05, 4.69) is 40.3 Å². The third kappa shape index (κ3) is 4.78. The molecule has 0 unspecified atom stereocenters. The first-order valence-electron chi connectivity index (χ1n) is 9.71. The van der Waals surface area contributed by atoms with Crippen molar-refractivity contribution in [1.29, 1.82) is 0 Å². The van der Waals surface area contributed by atoms with Crippen LogP contribution in [0.25, 0.3) is 10.8 Å². The number of hydrogen-bond donors (Lipinski definition) is 1. The lowest BCUT2D eigenvalue weighted by molar-refractivity contribution is -0.113. The molecule has 1 aromatic heterocycles. The van der Waals surface area contributed by atoms with Gasteiger partial charge in [0.2, 0.25) is 5.91 Å². The monoisotopic (exact) mass is 414 g/mol. The summed E-state index contributed by atoms with van der Waals surface area (Å²) in [7, 11) is 0. The van der Waals surface area contributed by atoms with E-state index in [1.807, 2.05) is 65.2 Å². The molecule has 4 aromatic rings. The second-order valence-corrected chi connectivity index (χ2v) is 7.80. The maximum atomic E-state index is 12.5. The van der Waals surface area contributed by atoms with Crippen molar-refractivity contribution >= 4 is 34.1 Å². The molecule has 30 heavy (non-hydrogen) atoms. The first-order valence-corrected chi connectivity index (χ1v) is 10.7. The van der Waals surface area contributed by atoms with E-state index in [1.165, 1.54) is 17.3 Å². The molecule has 5 nitrogen and oxygen atoms in total. The van der Waals surface area contributed by atoms with Crippen LogP contribution in [-0.2, 0) is 17.8 Å². The predicted molar refractivity (Wildman–Crippen MR) is 123 cm³/mol. The number of fused-ring (bicyclic) bond motifs is 1. The highest BCUT2D eigenvalue weighted by Gasteiger charge is 2.14. The minimum atomic E-state index is -0.0759. The van der Waals surface area contributed by atoms with Crippen LogP contribution in [0.3, 0.4) is 0 Å². The number of allylic oxidation sites excluding steroid dienone is 1. The Morgan fingerprint density at radius 3 is 2.57 bits per heavy atom. The number of nitrogens with one attached hydrogen (secondary N) is 1. The average molecular weight is 415 g/mol. The van der Waals surface area contributed by atoms with E-state index in [1.54, 1.807) is 0 Å². The van der Waals surface area contributed by atoms with Gasteiger partial charge in [-0.3, -0.25) is 4.79 Å². The van der Waals surface area contributed by atoms with Gasteiger partial charge in [0.1, 0.15) is 5.82 Å². The molecule has 0 fully saturated rings. The van der Waals surface area contributed by atoms with Crippen molar-refractivity contribution in [3.8, 4) is 0 Å². The topological polar surface area (TPSA) is 59.8 Å². The first-order chi connectivity index (χ1) is 14.7. The molecule has 0 aliphatic carbocycles. The van der Waals surface area contributed by atoms with Gasteiger partial charge in [0.25, 0.3) is 0 Å². The number of aromatic nitrogens is 3. The van der Waals surface area contributed by atoms with Crippen LogP contribution in [0, 0.1) is 0 Å². The molecule has 0 radical (unpaired) electrons. The fourth-order valence-corrected chi connectivity index (χ4v) is 4.01. The van der Waals surface area contributed by atoms with Crippen molar-refractivity contribution in [2.45, 2.75) is 18.1 Å². The van der Waals surface area contributed by atoms with Crippen LogP contribution in [0.2, 0.25) is 0 Å². The maximum absolute atomic E-state index is 12.5. The van der Waals surface area contributed by atoms with Crippen molar-refractivity contribution in [2.75, 3.05) is 11.1 Å². The summed E-state index contributed by atoms with van der Waals surface area (Å²) < 4.78 is 2.01. The quantitative estimate of drug-likeness (QED) is 0.328. The lowest BCUT2D eigenvalue weighted by Crippen LogP contribution is -2.14. The minimum Gasteiger partial charge on any atom is -0.325 e. The normalized spacial score (nSPS) is 10.8. The third-order valence-corrected chi connectivity index (χ3v) is 5.64. The Bertz CT molecular complexity index is 1170. The molecule has 0 saturated carbocycles. The summed E-state index contributed by atoms with van der Waals surface area (Å²) in [5.41, 5.74) is 1.96. The lowest BCUT2D eigenvalue weighted by Gasteiger charge is -2.09. The fourth-order valence-electron chi connectivity index (χ4n) is 3.24. The largest absolute Gasteiger partial charge is 0.325 e. The highest BCUT2D eigenvalue weighted by Crippen LogP contribution is 2.21. The molecule has 0 bridgehead atoms. The summed E-state index contributed by atoms with van der Waals surface area (Å²) in [4.78, 5) is 12.5. The zero-order chi connectivity index (χ0) is 20.8. The number of carbonyl (C=O) groups excluding carboxylic acids is 1. The van der Waals surface area contributed by atoms with E-state index in [9.17, 15) is 4.79 Å². The molecule has 1 N–H and O–H groups in total. The summed E-state index contributed by atoms with van der Waals surface area (Å²) in [5, 5.41) is 14.6. The standard InChI is InChI=1S/C24H22N4OS/c1-2-14-28-22(15-18-8-4-3-5-9-18)26-27-24(28)30-17-23(29)25-21-13-12-19-10-6-7-11-20(19)16-21/h2-13,16H,1,14-15,17H2,(H,25,29). The van der Waals surface area contributed by atoms with Crippen LogP contribution in [0.15, 0.2) is 90.6 Å². The van der Waals surface area contributed by atoms with Gasteiger partial charge in [-0.1, -0.05) is 78.5 Å². The van der Waals surface area contributed by atoms with Gasteiger partial charge in [-0.15, -0.1) is 16.8 Å². The van der Waals surface area contributed by atoms with Gasteiger partial charge in [0, 0.05) is 18.7 Å². The van der Waals surface area contributed by atoms with E-state index in [0.717, 1.165) is 27.4 Å². The SMILES string of the molecule is C=CCn1c(Cc2ccccc2)nnc1SCC(=O)Nc1ccc2ccccc2c1. The van der Waals surface area contributed by atoms with Crippen LogP contribution in [0.4, 0.5) is 5.69 Å². The molecule has 0 aliphatic rings. The Kier molecular flexibility index (Phi) is 6.25. The second-order valence-electron chi connectivity index (χ2n) is 6.86. The van der Waals surface area contributed by atoms with Gasteiger partial charge in [0.05, 0.1) is 5.75 Å². The summed E-state index contributed by atoms with van der Waals surface area (Å²) in [6.07, 6.45) is 2.50. The van der Waals surface area contributed by atoms with Crippen molar-refractivity contribution in [1.82, 2.24) is 14.8 Å². The number of hydrogen-bond acceptors (Lipinski definition) is 4. The number of anilines is 1. The predicted octanol–water partition coefficient (Wildman–Crippen LogP) is 4.94. The van der Waals surface area contributed by atoms with Crippen molar-refractivity contribution in [3.63, 3.8) is 0 Å². The number of carbonyl (C=O) groups is 1. The van der Waals surface area contributed by atoms with Crippen LogP contribution in [0.1, 0.15) is 11.4 Å². The third-order valence-electron chi connectivity index (χ3n) is 4.68.